The molecule has 0 fully saturated rings. The first-order valence-corrected chi connectivity index (χ1v) is 7.95. The molecule has 1 atom stereocenters. The van der Waals surface area contributed by atoms with Gasteiger partial charge < -0.3 is 5.73 Å². The number of sulfonamides is 1. The van der Waals surface area contributed by atoms with Crippen LogP contribution in [0, 0.1) is 5.92 Å². The zero-order valence-corrected chi connectivity index (χ0v) is 12.6. The van der Waals surface area contributed by atoms with Crippen LogP contribution in [0.3, 0.4) is 0 Å². The Morgan fingerprint density at radius 3 is 2.29 bits per heavy atom. The van der Waals surface area contributed by atoms with Crippen LogP contribution in [-0.4, -0.2) is 21.0 Å². The van der Waals surface area contributed by atoms with E-state index in [1.54, 1.807) is 0 Å². The first-order valence-electron chi connectivity index (χ1n) is 6.46. The molecule has 0 aliphatic rings. The normalized spacial score (nSPS) is 14.4. The number of benzene rings is 1. The average Bonchev–Trinajstić information content (AvgIpc) is 2.36. The Morgan fingerprint density at radius 1 is 1.24 bits per heavy atom. The predicted octanol–water partition coefficient (Wildman–Crippen LogP) is 2.36. The summed E-state index contributed by atoms with van der Waals surface area (Å²) >= 11 is 0. The third-order valence-corrected chi connectivity index (χ3v) is 4.42. The van der Waals surface area contributed by atoms with Crippen LogP contribution in [0.1, 0.15) is 25.8 Å². The fraction of sp³-hybridized carbons (Fsp3) is 0.538. The van der Waals surface area contributed by atoms with Crippen LogP contribution >= 0.6 is 0 Å². The lowest BCUT2D eigenvalue weighted by molar-refractivity contribution is -0.139. The van der Waals surface area contributed by atoms with Crippen molar-refractivity contribution >= 4 is 10.0 Å². The number of halogens is 3. The molecule has 3 N–H and O–H groups in total. The van der Waals surface area contributed by atoms with Crippen LogP contribution in [-0.2, 0) is 16.2 Å². The van der Waals surface area contributed by atoms with Crippen molar-refractivity contribution in [3.63, 3.8) is 0 Å². The lowest BCUT2D eigenvalue weighted by Crippen LogP contribution is -2.41. The Hall–Kier alpha value is -1.12. The Kier molecular flexibility index (Phi) is 5.77. The highest BCUT2D eigenvalue weighted by molar-refractivity contribution is 7.89. The molecule has 1 unspecified atom stereocenters. The largest absolute Gasteiger partial charge is 0.417 e. The second-order valence-electron chi connectivity index (χ2n) is 5.18. The smallest absolute Gasteiger partial charge is 0.329 e. The molecular formula is C13H19F3N2O2S. The molecule has 4 nitrogen and oxygen atoms in total. The van der Waals surface area contributed by atoms with Crippen molar-refractivity contribution in [2.24, 2.45) is 11.7 Å². The zero-order chi connectivity index (χ0) is 16.3. The molecule has 0 amide bonds. The van der Waals surface area contributed by atoms with E-state index in [2.05, 4.69) is 4.72 Å². The van der Waals surface area contributed by atoms with Gasteiger partial charge in [-0.15, -0.1) is 0 Å². The topological polar surface area (TPSA) is 72.2 Å². The molecule has 8 heteroatoms. The second kappa shape index (κ2) is 6.76. The number of rotatable bonds is 6. The van der Waals surface area contributed by atoms with Crippen LogP contribution in [0.5, 0.6) is 0 Å². The summed E-state index contributed by atoms with van der Waals surface area (Å²) in [5.41, 5.74) is 4.30. The lowest BCUT2D eigenvalue weighted by Gasteiger charge is -2.20. The number of nitrogens with one attached hydrogen (secondary N) is 1. The molecular weight excluding hydrogens is 305 g/mol. The molecule has 0 aromatic heterocycles. The molecule has 1 aromatic rings. The molecule has 0 bridgehead atoms. The van der Waals surface area contributed by atoms with Crippen molar-refractivity contribution in [1.82, 2.24) is 4.72 Å². The second-order valence-corrected chi connectivity index (χ2v) is 6.86. The van der Waals surface area contributed by atoms with Gasteiger partial charge in [0.15, 0.2) is 0 Å². The molecule has 0 aliphatic heterocycles. The van der Waals surface area contributed by atoms with Crippen LogP contribution in [0.25, 0.3) is 0 Å². The van der Waals surface area contributed by atoms with Gasteiger partial charge in [-0.2, -0.15) is 13.2 Å². The number of hydrogen-bond donors (Lipinski definition) is 2. The molecule has 120 valence electrons. The van der Waals surface area contributed by atoms with Crippen LogP contribution in [0.15, 0.2) is 29.2 Å². The molecule has 0 spiro atoms. The SMILES string of the molecule is CC(C)CC(CN)NS(=O)(=O)c1ccccc1C(F)(F)F. The van der Waals surface area contributed by atoms with Crippen molar-refractivity contribution in [2.75, 3.05) is 6.54 Å². The van der Waals surface area contributed by atoms with Gasteiger partial charge in [0.1, 0.15) is 0 Å². The monoisotopic (exact) mass is 324 g/mol. The van der Waals surface area contributed by atoms with Gasteiger partial charge in [-0.3, -0.25) is 0 Å². The molecule has 0 heterocycles. The van der Waals surface area contributed by atoms with Gasteiger partial charge in [0.2, 0.25) is 10.0 Å². The fourth-order valence-corrected chi connectivity index (χ4v) is 3.47. The maximum atomic E-state index is 12.9. The van der Waals surface area contributed by atoms with Gasteiger partial charge in [0.05, 0.1) is 10.5 Å². The molecule has 0 saturated carbocycles. The number of nitrogens with two attached hydrogens (primary N) is 1. The van der Waals surface area contributed by atoms with Gasteiger partial charge >= 0.3 is 6.18 Å². The molecule has 1 rings (SSSR count). The lowest BCUT2D eigenvalue weighted by atomic mass is 10.1. The van der Waals surface area contributed by atoms with E-state index >= 15 is 0 Å². The van der Waals surface area contributed by atoms with E-state index in [0.29, 0.717) is 6.42 Å². The summed E-state index contributed by atoms with van der Waals surface area (Å²) in [6.45, 7) is 3.77. The van der Waals surface area contributed by atoms with Crippen LogP contribution in [0.4, 0.5) is 13.2 Å². The Bertz CT molecular complexity index is 571. The van der Waals surface area contributed by atoms with Gasteiger partial charge in [-0.25, -0.2) is 13.1 Å². The molecule has 0 saturated heterocycles. The number of alkyl halides is 3. The summed E-state index contributed by atoms with van der Waals surface area (Å²) in [7, 11) is -4.28. The maximum Gasteiger partial charge on any atom is 0.417 e. The van der Waals surface area contributed by atoms with E-state index in [1.165, 1.54) is 6.07 Å². The molecule has 0 aliphatic carbocycles. The van der Waals surface area contributed by atoms with Crippen molar-refractivity contribution in [3.05, 3.63) is 29.8 Å². The first kappa shape index (κ1) is 17.9. The van der Waals surface area contributed by atoms with E-state index in [1.807, 2.05) is 13.8 Å². The van der Waals surface area contributed by atoms with Crippen LogP contribution < -0.4 is 10.5 Å². The average molecular weight is 324 g/mol. The minimum absolute atomic E-state index is 0.0194. The highest BCUT2D eigenvalue weighted by Crippen LogP contribution is 2.33. The van der Waals surface area contributed by atoms with Gasteiger partial charge in [0, 0.05) is 12.6 Å². The Balaban J connectivity index is 3.14. The summed E-state index contributed by atoms with van der Waals surface area (Å²) in [6.07, 6.45) is -4.29. The van der Waals surface area contributed by atoms with Crippen molar-refractivity contribution in [1.29, 1.82) is 0 Å². The minimum atomic E-state index is -4.73. The quantitative estimate of drug-likeness (QED) is 0.844. The standard InChI is InChI=1S/C13H19F3N2O2S/c1-9(2)7-10(8-17)18-21(19,20)12-6-4-3-5-11(12)13(14,15)16/h3-6,9-10,18H,7-8,17H2,1-2H3. The molecule has 1 aromatic carbocycles. The first-order chi connectivity index (χ1) is 9.58. The van der Waals surface area contributed by atoms with E-state index in [-0.39, 0.29) is 12.5 Å². The minimum Gasteiger partial charge on any atom is -0.329 e. The van der Waals surface area contributed by atoms with E-state index in [4.69, 9.17) is 5.73 Å². The maximum absolute atomic E-state index is 12.9. The van der Waals surface area contributed by atoms with Gasteiger partial charge in [-0.1, -0.05) is 26.0 Å². The van der Waals surface area contributed by atoms with E-state index in [0.717, 1.165) is 18.2 Å². The van der Waals surface area contributed by atoms with E-state index < -0.39 is 32.7 Å². The fourth-order valence-electron chi connectivity index (χ4n) is 1.98. The summed E-state index contributed by atoms with van der Waals surface area (Å²) in [5.74, 6) is 0.166. The van der Waals surface area contributed by atoms with Crippen molar-refractivity contribution in [2.45, 2.75) is 37.4 Å². The zero-order valence-electron chi connectivity index (χ0n) is 11.8. The highest BCUT2D eigenvalue weighted by atomic mass is 32.2. The summed E-state index contributed by atoms with van der Waals surface area (Å²) < 4.78 is 65.3. The summed E-state index contributed by atoms with van der Waals surface area (Å²) in [6, 6.07) is 3.49. The summed E-state index contributed by atoms with van der Waals surface area (Å²) in [4.78, 5) is -0.778. The third kappa shape index (κ3) is 4.98. The highest BCUT2D eigenvalue weighted by Gasteiger charge is 2.37. The van der Waals surface area contributed by atoms with Crippen molar-refractivity contribution in [3.8, 4) is 0 Å². The predicted molar refractivity (Wildman–Crippen MR) is 74.1 cm³/mol. The summed E-state index contributed by atoms with van der Waals surface area (Å²) in [5, 5.41) is 0. The van der Waals surface area contributed by atoms with E-state index in [9.17, 15) is 21.6 Å². The number of hydrogen-bond acceptors (Lipinski definition) is 3. The Labute approximate surface area is 122 Å². The van der Waals surface area contributed by atoms with Gasteiger partial charge in [0.25, 0.3) is 0 Å². The van der Waals surface area contributed by atoms with Crippen LogP contribution in [0.2, 0.25) is 0 Å². The third-order valence-electron chi connectivity index (χ3n) is 2.84. The Morgan fingerprint density at radius 2 is 1.81 bits per heavy atom. The van der Waals surface area contributed by atoms with Crippen molar-refractivity contribution < 1.29 is 21.6 Å². The van der Waals surface area contributed by atoms with Gasteiger partial charge in [-0.05, 0) is 24.5 Å². The molecule has 0 radical (unpaired) electrons. The molecule has 21 heavy (non-hydrogen) atoms.